The molecule has 1 aromatic rings. The van der Waals surface area contributed by atoms with Crippen molar-refractivity contribution in [3.63, 3.8) is 0 Å². The maximum atomic E-state index is 5.21. The van der Waals surface area contributed by atoms with Gasteiger partial charge < -0.3 is 9.75 Å². The predicted octanol–water partition coefficient (Wildman–Crippen LogP) is 1.53. The second-order valence-corrected chi connectivity index (χ2v) is 3.65. The molecule has 14 heavy (non-hydrogen) atoms. The third-order valence-electron chi connectivity index (χ3n) is 2.85. The molecule has 0 unspecified atom stereocenters. The molecule has 76 valence electrons. The number of likely N-dealkylation sites (N-methyl/N-ethyl adjacent to an activating group) is 1. The van der Waals surface area contributed by atoms with Gasteiger partial charge in [0.15, 0.2) is 0 Å². The molecule has 0 bridgehead atoms. The highest BCUT2D eigenvalue weighted by Gasteiger charge is 2.17. The maximum Gasteiger partial charge on any atom is 0.119 e. The lowest BCUT2D eigenvalue weighted by atomic mass is 10.1. The molecule has 3 nitrogen and oxygen atoms in total. The molecule has 0 aromatic heterocycles. The van der Waals surface area contributed by atoms with Crippen LogP contribution in [0.15, 0.2) is 18.2 Å². The number of fused-ring (bicyclic) bond motifs is 1. The van der Waals surface area contributed by atoms with Crippen LogP contribution in [0.1, 0.15) is 5.56 Å². The van der Waals surface area contributed by atoms with E-state index in [1.54, 1.807) is 7.11 Å². The third kappa shape index (κ3) is 1.44. The van der Waals surface area contributed by atoms with Gasteiger partial charge in [0, 0.05) is 20.6 Å². The van der Waals surface area contributed by atoms with Gasteiger partial charge in [-0.05, 0) is 30.2 Å². The van der Waals surface area contributed by atoms with Crippen LogP contribution < -0.4 is 9.75 Å². The van der Waals surface area contributed by atoms with Gasteiger partial charge in [-0.1, -0.05) is 0 Å². The minimum absolute atomic E-state index is 0.946. The minimum atomic E-state index is 0.946. The number of methoxy groups -OCH3 is 1. The molecular formula is C11H16N2O. The zero-order chi connectivity index (χ0) is 10.1. The number of rotatable bonds is 1. The number of hydrogen-bond donors (Lipinski definition) is 0. The molecule has 0 fully saturated rings. The van der Waals surface area contributed by atoms with Crippen LogP contribution in [0.25, 0.3) is 0 Å². The third-order valence-corrected chi connectivity index (χ3v) is 2.85. The van der Waals surface area contributed by atoms with Crippen molar-refractivity contribution in [3.8, 4) is 5.75 Å². The van der Waals surface area contributed by atoms with Gasteiger partial charge in [0.05, 0.1) is 12.8 Å². The molecule has 0 saturated heterocycles. The van der Waals surface area contributed by atoms with Crippen molar-refractivity contribution >= 4 is 5.69 Å². The van der Waals surface area contributed by atoms with Gasteiger partial charge in [-0.25, -0.2) is 5.01 Å². The molecule has 0 atom stereocenters. The molecule has 3 heteroatoms. The summed E-state index contributed by atoms with van der Waals surface area (Å²) in [6.07, 6.45) is 1.09. The van der Waals surface area contributed by atoms with E-state index in [0.717, 1.165) is 18.7 Å². The Labute approximate surface area is 84.9 Å². The molecule has 0 spiro atoms. The summed E-state index contributed by atoms with van der Waals surface area (Å²) in [5, 5.41) is 4.40. The Balaban J connectivity index is 2.38. The lowest BCUT2D eigenvalue weighted by Crippen LogP contribution is -2.41. The first-order valence-electron chi connectivity index (χ1n) is 4.84. The number of anilines is 1. The van der Waals surface area contributed by atoms with E-state index >= 15 is 0 Å². The van der Waals surface area contributed by atoms with Crippen molar-refractivity contribution in [1.29, 1.82) is 0 Å². The summed E-state index contributed by atoms with van der Waals surface area (Å²) in [6, 6.07) is 6.25. The van der Waals surface area contributed by atoms with Crippen LogP contribution in [0.3, 0.4) is 0 Å². The molecule has 0 aliphatic carbocycles. The Morgan fingerprint density at radius 2 is 2.07 bits per heavy atom. The van der Waals surface area contributed by atoms with Crippen LogP contribution in [0.2, 0.25) is 0 Å². The molecule has 2 rings (SSSR count). The number of hydrogen-bond acceptors (Lipinski definition) is 3. The van der Waals surface area contributed by atoms with Gasteiger partial charge in [0.25, 0.3) is 0 Å². The Kier molecular flexibility index (Phi) is 2.33. The SMILES string of the molecule is COc1ccc2c(c1)CCN(C)N2C. The highest BCUT2D eigenvalue weighted by molar-refractivity contribution is 5.56. The van der Waals surface area contributed by atoms with Crippen LogP contribution in [0.5, 0.6) is 5.75 Å². The molecule has 0 amide bonds. The second-order valence-electron chi connectivity index (χ2n) is 3.65. The number of nitrogens with zero attached hydrogens (tertiary/aromatic N) is 2. The van der Waals surface area contributed by atoms with Crippen LogP contribution in [-0.2, 0) is 6.42 Å². The van der Waals surface area contributed by atoms with E-state index in [1.165, 1.54) is 11.3 Å². The van der Waals surface area contributed by atoms with Gasteiger partial charge >= 0.3 is 0 Å². The van der Waals surface area contributed by atoms with Crippen LogP contribution >= 0.6 is 0 Å². The van der Waals surface area contributed by atoms with E-state index < -0.39 is 0 Å². The zero-order valence-corrected chi connectivity index (χ0v) is 8.95. The van der Waals surface area contributed by atoms with Crippen molar-refractivity contribution in [2.24, 2.45) is 0 Å². The van der Waals surface area contributed by atoms with Gasteiger partial charge in [-0.3, -0.25) is 0 Å². The van der Waals surface area contributed by atoms with Crippen LogP contribution in [-0.4, -0.2) is 32.8 Å². The summed E-state index contributed by atoms with van der Waals surface area (Å²) in [5.74, 6) is 0.946. The van der Waals surface area contributed by atoms with Crippen LogP contribution in [0, 0.1) is 0 Å². The highest BCUT2D eigenvalue weighted by Crippen LogP contribution is 2.28. The quantitative estimate of drug-likeness (QED) is 0.671. The van der Waals surface area contributed by atoms with Crippen molar-refractivity contribution in [3.05, 3.63) is 23.8 Å². The van der Waals surface area contributed by atoms with Gasteiger partial charge in [0.2, 0.25) is 0 Å². The minimum Gasteiger partial charge on any atom is -0.497 e. The molecule has 0 radical (unpaired) electrons. The van der Waals surface area contributed by atoms with Crippen molar-refractivity contribution in [1.82, 2.24) is 5.01 Å². The van der Waals surface area contributed by atoms with Crippen molar-refractivity contribution < 1.29 is 4.74 Å². The first-order valence-corrected chi connectivity index (χ1v) is 4.84. The van der Waals surface area contributed by atoms with E-state index in [2.05, 4.69) is 36.2 Å². The van der Waals surface area contributed by atoms with E-state index in [0.29, 0.717) is 0 Å². The number of ether oxygens (including phenoxy) is 1. The number of benzene rings is 1. The Hall–Kier alpha value is -1.22. The van der Waals surface area contributed by atoms with Crippen molar-refractivity contribution in [2.45, 2.75) is 6.42 Å². The predicted molar refractivity (Wildman–Crippen MR) is 57.7 cm³/mol. The normalized spacial score (nSPS) is 16.6. The summed E-state index contributed by atoms with van der Waals surface area (Å²) in [5.41, 5.74) is 2.64. The molecular weight excluding hydrogens is 176 g/mol. The fourth-order valence-corrected chi connectivity index (χ4v) is 1.82. The standard InChI is InChI=1S/C11H16N2O/c1-12-7-6-9-8-10(14-3)4-5-11(9)13(12)2/h4-5,8H,6-7H2,1-3H3. The smallest absolute Gasteiger partial charge is 0.119 e. The summed E-state index contributed by atoms with van der Waals surface area (Å²) >= 11 is 0. The van der Waals surface area contributed by atoms with Gasteiger partial charge in [-0.15, -0.1) is 0 Å². The molecule has 0 saturated carbocycles. The summed E-state index contributed by atoms with van der Waals surface area (Å²) < 4.78 is 5.21. The average molecular weight is 192 g/mol. The molecule has 1 aliphatic heterocycles. The van der Waals surface area contributed by atoms with E-state index in [-0.39, 0.29) is 0 Å². The highest BCUT2D eigenvalue weighted by atomic mass is 16.5. The fourth-order valence-electron chi connectivity index (χ4n) is 1.82. The fraction of sp³-hybridized carbons (Fsp3) is 0.455. The maximum absolute atomic E-state index is 5.21. The van der Waals surface area contributed by atoms with Gasteiger partial charge in [0.1, 0.15) is 5.75 Å². The summed E-state index contributed by atoms with van der Waals surface area (Å²) in [7, 11) is 5.90. The topological polar surface area (TPSA) is 15.7 Å². The first kappa shape index (κ1) is 9.34. The first-order chi connectivity index (χ1) is 6.72. The van der Waals surface area contributed by atoms with E-state index in [9.17, 15) is 0 Å². The average Bonchev–Trinajstić information content (AvgIpc) is 2.23. The van der Waals surface area contributed by atoms with E-state index in [1.807, 2.05) is 6.07 Å². The molecule has 1 aliphatic rings. The zero-order valence-electron chi connectivity index (χ0n) is 8.95. The summed E-state index contributed by atoms with van der Waals surface area (Å²) in [4.78, 5) is 0. The lowest BCUT2D eigenvalue weighted by Gasteiger charge is -2.36. The lowest BCUT2D eigenvalue weighted by molar-refractivity contribution is 0.313. The van der Waals surface area contributed by atoms with Crippen molar-refractivity contribution in [2.75, 3.05) is 32.8 Å². The largest absolute Gasteiger partial charge is 0.497 e. The number of hydrazine groups is 1. The monoisotopic (exact) mass is 192 g/mol. The van der Waals surface area contributed by atoms with Crippen LogP contribution in [0.4, 0.5) is 5.69 Å². The molecule has 1 heterocycles. The Morgan fingerprint density at radius 1 is 1.29 bits per heavy atom. The molecule has 1 aromatic carbocycles. The Bertz CT molecular complexity index is 338. The van der Waals surface area contributed by atoms with E-state index in [4.69, 9.17) is 4.74 Å². The second kappa shape index (κ2) is 3.50. The van der Waals surface area contributed by atoms with Gasteiger partial charge in [-0.2, -0.15) is 0 Å². The molecule has 0 N–H and O–H groups in total. The summed E-state index contributed by atoms with van der Waals surface area (Å²) in [6.45, 7) is 1.07. The Morgan fingerprint density at radius 3 is 2.79 bits per heavy atom.